The molecule has 1 aromatic heterocycles. The van der Waals surface area contributed by atoms with Gasteiger partial charge in [-0.1, -0.05) is 23.8 Å². The van der Waals surface area contributed by atoms with E-state index in [9.17, 15) is 9.59 Å². The molecule has 0 saturated carbocycles. The Bertz CT molecular complexity index is 881. The van der Waals surface area contributed by atoms with E-state index in [4.69, 9.17) is 0 Å². The summed E-state index contributed by atoms with van der Waals surface area (Å²) in [6.07, 6.45) is 1.54. The summed E-state index contributed by atoms with van der Waals surface area (Å²) in [5, 5.41) is 7.53. The fraction of sp³-hybridized carbons (Fsp3) is 0.550. The molecule has 1 amide bonds. The van der Waals surface area contributed by atoms with Crippen molar-refractivity contribution in [1.29, 1.82) is 0 Å². The largest absolute Gasteiger partial charge is 0.354 e. The normalized spacial score (nSPS) is 16.4. The second-order valence-electron chi connectivity index (χ2n) is 7.67. The zero-order valence-electron chi connectivity index (χ0n) is 16.7. The number of fused-ring (bicyclic) bond motifs is 1. The van der Waals surface area contributed by atoms with Gasteiger partial charge in [0.05, 0.1) is 12.5 Å². The minimum Gasteiger partial charge on any atom is -0.354 e. The maximum absolute atomic E-state index is 12.8. The number of nitrogens with zero attached hydrogens (tertiary/aromatic N) is 4. The van der Waals surface area contributed by atoms with Crippen molar-refractivity contribution in [2.45, 2.75) is 45.7 Å². The number of carbonyl (C=O) groups excluding carboxylic acids is 1. The molecule has 1 unspecified atom stereocenters. The molecule has 0 saturated heterocycles. The van der Waals surface area contributed by atoms with Gasteiger partial charge in [0, 0.05) is 19.6 Å². The van der Waals surface area contributed by atoms with E-state index in [1.807, 2.05) is 32.8 Å². The minimum absolute atomic E-state index is 0.0401. The number of aromatic nitrogens is 3. The van der Waals surface area contributed by atoms with Crippen molar-refractivity contribution in [3.8, 4) is 0 Å². The van der Waals surface area contributed by atoms with E-state index in [0.717, 1.165) is 36.1 Å². The molecule has 0 aliphatic carbocycles. The van der Waals surface area contributed by atoms with Crippen molar-refractivity contribution >= 4 is 5.91 Å². The second kappa shape index (κ2) is 8.08. The topological polar surface area (TPSA) is 72.2 Å². The van der Waals surface area contributed by atoms with E-state index < -0.39 is 0 Å². The third-order valence-corrected chi connectivity index (χ3v) is 5.14. The number of carbonyl (C=O) groups is 1. The van der Waals surface area contributed by atoms with Gasteiger partial charge in [-0.2, -0.15) is 5.10 Å². The Morgan fingerprint density at radius 3 is 2.85 bits per heavy atom. The van der Waals surface area contributed by atoms with Gasteiger partial charge in [-0.15, -0.1) is 0 Å². The maximum Gasteiger partial charge on any atom is 0.346 e. The Hall–Kier alpha value is -2.41. The van der Waals surface area contributed by atoms with E-state index >= 15 is 0 Å². The molecule has 7 heteroatoms. The van der Waals surface area contributed by atoms with Crippen LogP contribution < -0.4 is 11.0 Å². The van der Waals surface area contributed by atoms with E-state index in [1.54, 1.807) is 4.57 Å². The Morgan fingerprint density at radius 2 is 2.11 bits per heavy atom. The highest BCUT2D eigenvalue weighted by atomic mass is 16.2. The van der Waals surface area contributed by atoms with Gasteiger partial charge in [-0.05, 0) is 51.9 Å². The molecule has 1 N–H and O–H groups in total. The SMILES string of the molecule is Cc1ccc(C)c(Cn2nc3n(c2=O)CCCC3C(=O)NCCN(C)C)c1. The van der Waals surface area contributed by atoms with Crippen LogP contribution in [0.4, 0.5) is 0 Å². The van der Waals surface area contributed by atoms with Crippen LogP contribution in [0.1, 0.15) is 41.3 Å². The van der Waals surface area contributed by atoms with Crippen molar-refractivity contribution in [2.75, 3.05) is 27.2 Å². The van der Waals surface area contributed by atoms with E-state index in [1.165, 1.54) is 4.68 Å². The zero-order valence-corrected chi connectivity index (χ0v) is 16.7. The molecular formula is C20H29N5O2. The van der Waals surface area contributed by atoms with Crippen molar-refractivity contribution in [2.24, 2.45) is 0 Å². The van der Waals surface area contributed by atoms with E-state index in [0.29, 0.717) is 25.5 Å². The third-order valence-electron chi connectivity index (χ3n) is 5.14. The van der Waals surface area contributed by atoms with Crippen LogP contribution in [0, 0.1) is 13.8 Å². The van der Waals surface area contributed by atoms with Crippen molar-refractivity contribution < 1.29 is 4.79 Å². The Kier molecular flexibility index (Phi) is 5.79. The van der Waals surface area contributed by atoms with E-state index in [-0.39, 0.29) is 17.5 Å². The first kappa shape index (κ1) is 19.4. The molecule has 0 spiro atoms. The first-order valence-corrected chi connectivity index (χ1v) is 9.53. The van der Waals surface area contributed by atoms with Crippen LogP contribution in [0.25, 0.3) is 0 Å². The first-order chi connectivity index (χ1) is 12.9. The molecule has 2 aromatic rings. The molecule has 0 radical (unpaired) electrons. The molecule has 1 aromatic carbocycles. The lowest BCUT2D eigenvalue weighted by Gasteiger charge is -2.21. The predicted octanol–water partition coefficient (Wildman–Crippen LogP) is 1.27. The summed E-state index contributed by atoms with van der Waals surface area (Å²) in [6.45, 7) is 6.51. The van der Waals surface area contributed by atoms with Gasteiger partial charge in [0.25, 0.3) is 0 Å². The highest BCUT2D eigenvalue weighted by Crippen LogP contribution is 2.24. The van der Waals surface area contributed by atoms with Crippen LogP contribution in [0.5, 0.6) is 0 Å². The third kappa shape index (κ3) is 4.30. The van der Waals surface area contributed by atoms with Crippen LogP contribution in [-0.4, -0.2) is 52.3 Å². The number of nitrogens with one attached hydrogen (secondary N) is 1. The van der Waals surface area contributed by atoms with Crippen LogP contribution in [0.15, 0.2) is 23.0 Å². The highest BCUT2D eigenvalue weighted by molar-refractivity contribution is 5.82. The lowest BCUT2D eigenvalue weighted by Crippen LogP contribution is -2.37. The summed E-state index contributed by atoms with van der Waals surface area (Å²) in [4.78, 5) is 27.5. The summed E-state index contributed by atoms with van der Waals surface area (Å²) < 4.78 is 3.17. The van der Waals surface area contributed by atoms with Gasteiger partial charge in [0.2, 0.25) is 5.91 Å². The number of amides is 1. The molecule has 146 valence electrons. The summed E-state index contributed by atoms with van der Waals surface area (Å²) in [5.41, 5.74) is 3.25. The average molecular weight is 371 g/mol. The zero-order chi connectivity index (χ0) is 19.6. The number of benzene rings is 1. The minimum atomic E-state index is -0.353. The standard InChI is InChI=1S/C20H29N5O2/c1-14-7-8-15(2)16(12-14)13-25-20(27)24-10-5-6-17(18(24)22-25)19(26)21-9-11-23(3)4/h7-8,12,17H,5-6,9-11,13H2,1-4H3,(H,21,26). The summed E-state index contributed by atoms with van der Waals surface area (Å²) in [7, 11) is 3.94. The average Bonchev–Trinajstić information content (AvgIpc) is 2.94. The fourth-order valence-electron chi connectivity index (χ4n) is 3.52. The number of aryl methyl sites for hydroxylation is 2. The van der Waals surface area contributed by atoms with Gasteiger partial charge >= 0.3 is 5.69 Å². The predicted molar refractivity (Wildman–Crippen MR) is 105 cm³/mol. The summed E-state index contributed by atoms with van der Waals surface area (Å²) >= 11 is 0. The molecule has 7 nitrogen and oxygen atoms in total. The molecule has 1 atom stereocenters. The lowest BCUT2D eigenvalue weighted by atomic mass is 9.98. The van der Waals surface area contributed by atoms with Crippen molar-refractivity contribution in [1.82, 2.24) is 24.6 Å². The van der Waals surface area contributed by atoms with Crippen LogP contribution >= 0.6 is 0 Å². The van der Waals surface area contributed by atoms with Crippen LogP contribution in [0.2, 0.25) is 0 Å². The molecule has 1 aliphatic heterocycles. The molecule has 0 bridgehead atoms. The number of hydrogen-bond donors (Lipinski definition) is 1. The Balaban J connectivity index is 1.82. The number of hydrogen-bond acceptors (Lipinski definition) is 4. The van der Waals surface area contributed by atoms with Crippen LogP contribution in [0.3, 0.4) is 0 Å². The maximum atomic E-state index is 12.8. The Morgan fingerprint density at radius 1 is 1.33 bits per heavy atom. The molecule has 1 aliphatic rings. The molecule has 0 fully saturated rings. The van der Waals surface area contributed by atoms with E-state index in [2.05, 4.69) is 28.6 Å². The van der Waals surface area contributed by atoms with Crippen molar-refractivity contribution in [3.63, 3.8) is 0 Å². The van der Waals surface area contributed by atoms with Crippen LogP contribution in [-0.2, 0) is 17.9 Å². The van der Waals surface area contributed by atoms with Gasteiger partial charge in [0.15, 0.2) is 0 Å². The molecule has 2 heterocycles. The highest BCUT2D eigenvalue weighted by Gasteiger charge is 2.31. The molecule has 27 heavy (non-hydrogen) atoms. The fourth-order valence-corrected chi connectivity index (χ4v) is 3.52. The van der Waals surface area contributed by atoms with Gasteiger partial charge < -0.3 is 10.2 Å². The summed E-state index contributed by atoms with van der Waals surface area (Å²) in [5.74, 6) is 0.203. The monoisotopic (exact) mass is 371 g/mol. The molecule has 3 rings (SSSR count). The smallest absolute Gasteiger partial charge is 0.346 e. The number of likely N-dealkylation sites (N-methyl/N-ethyl adjacent to an activating group) is 1. The molecular weight excluding hydrogens is 342 g/mol. The second-order valence-corrected chi connectivity index (χ2v) is 7.67. The van der Waals surface area contributed by atoms with Gasteiger partial charge in [-0.25, -0.2) is 9.48 Å². The lowest BCUT2D eigenvalue weighted by molar-refractivity contribution is -0.123. The van der Waals surface area contributed by atoms with Crippen molar-refractivity contribution in [3.05, 3.63) is 51.2 Å². The number of rotatable bonds is 6. The summed E-state index contributed by atoms with van der Waals surface area (Å²) in [6, 6.07) is 6.21. The van der Waals surface area contributed by atoms with Gasteiger partial charge in [-0.3, -0.25) is 9.36 Å². The van der Waals surface area contributed by atoms with Gasteiger partial charge in [0.1, 0.15) is 5.82 Å². The quantitative estimate of drug-likeness (QED) is 0.830. The first-order valence-electron chi connectivity index (χ1n) is 9.53. The Labute approximate surface area is 160 Å².